The number of nitrogens with zero attached hydrogens (tertiary/aromatic N) is 2. The van der Waals surface area contributed by atoms with Crippen molar-refractivity contribution in [3.05, 3.63) is 65.7 Å². The molecule has 0 spiro atoms. The second kappa shape index (κ2) is 8.35. The number of carbonyl (C=O) groups is 2. The molecule has 0 aromatic heterocycles. The highest BCUT2D eigenvalue weighted by Gasteiger charge is 2.49. The van der Waals surface area contributed by atoms with Crippen molar-refractivity contribution in [2.75, 3.05) is 16.4 Å². The van der Waals surface area contributed by atoms with Crippen LogP contribution in [-0.2, 0) is 21.1 Å². The maximum absolute atomic E-state index is 12.6. The highest BCUT2D eigenvalue weighted by molar-refractivity contribution is 8.16. The molecule has 8 heteroatoms. The summed E-state index contributed by atoms with van der Waals surface area (Å²) >= 11 is 1.34. The van der Waals surface area contributed by atoms with Crippen LogP contribution in [0, 0.1) is 0 Å². The van der Waals surface area contributed by atoms with E-state index in [1.54, 1.807) is 18.2 Å². The van der Waals surface area contributed by atoms with E-state index < -0.39 is 9.84 Å². The molecule has 2 saturated heterocycles. The van der Waals surface area contributed by atoms with Crippen LogP contribution in [0.3, 0.4) is 0 Å². The summed E-state index contributed by atoms with van der Waals surface area (Å²) in [6, 6.07) is 16.5. The Morgan fingerprint density at radius 1 is 1.10 bits per heavy atom. The molecule has 1 amide bonds. The minimum absolute atomic E-state index is 0.0200. The molecule has 0 unspecified atom stereocenters. The molecule has 2 heterocycles. The van der Waals surface area contributed by atoms with Crippen molar-refractivity contribution in [1.29, 1.82) is 0 Å². The van der Waals surface area contributed by atoms with Crippen molar-refractivity contribution in [2.24, 2.45) is 4.99 Å². The Kier molecular flexibility index (Phi) is 5.79. The normalized spacial score (nSPS) is 23.5. The minimum atomic E-state index is -3.14. The summed E-state index contributed by atoms with van der Waals surface area (Å²) in [5.74, 6) is -0.220. The molecule has 2 atom stereocenters. The number of ketones is 1. The van der Waals surface area contributed by atoms with E-state index in [2.05, 4.69) is 4.99 Å². The van der Waals surface area contributed by atoms with Gasteiger partial charge in [-0.1, -0.05) is 54.2 Å². The molecule has 2 fully saturated rings. The molecular formula is C22H22N2O4S2. The number of aliphatic imine (C=N–C) groups is 1. The van der Waals surface area contributed by atoms with Gasteiger partial charge in [0.05, 0.1) is 17.5 Å². The van der Waals surface area contributed by atoms with Crippen LogP contribution < -0.4 is 4.90 Å². The summed E-state index contributed by atoms with van der Waals surface area (Å²) in [7, 11) is -3.14. The molecule has 156 valence electrons. The number of sulfone groups is 1. The molecule has 30 heavy (non-hydrogen) atoms. The summed E-state index contributed by atoms with van der Waals surface area (Å²) < 4.78 is 24.4. The van der Waals surface area contributed by atoms with Crippen molar-refractivity contribution in [1.82, 2.24) is 0 Å². The zero-order valence-corrected chi connectivity index (χ0v) is 18.2. The highest BCUT2D eigenvalue weighted by Crippen LogP contribution is 2.41. The first-order chi connectivity index (χ1) is 14.3. The van der Waals surface area contributed by atoms with Gasteiger partial charge in [0.15, 0.2) is 20.8 Å². The van der Waals surface area contributed by atoms with E-state index in [9.17, 15) is 18.0 Å². The minimum Gasteiger partial charge on any atom is -0.316 e. The molecule has 2 aromatic carbocycles. The number of aryl methyl sites for hydroxylation is 1. The van der Waals surface area contributed by atoms with E-state index in [4.69, 9.17) is 0 Å². The van der Waals surface area contributed by atoms with E-state index >= 15 is 0 Å². The van der Waals surface area contributed by atoms with Crippen molar-refractivity contribution in [3.63, 3.8) is 0 Å². The monoisotopic (exact) mass is 442 g/mol. The second-order valence-corrected chi connectivity index (χ2v) is 10.9. The number of fused-ring (bicyclic) bond motifs is 1. The maximum Gasteiger partial charge on any atom is 0.248 e. The third-order valence-electron chi connectivity index (χ3n) is 5.29. The van der Waals surface area contributed by atoms with Gasteiger partial charge in [-0.05, 0) is 31.0 Å². The Labute approximate surface area is 180 Å². The SMILES string of the molecule is CC(=O)c1cccc(N2C(=NC(=O)CCc3ccccc3)S[C@H]3CS(=O)(=O)C[C@@H]32)c1. The standard InChI is InChI=1S/C22H22N2O4S2/c1-15(25)17-8-5-9-18(12-17)24-19-13-30(27,28)14-20(19)29-22(24)23-21(26)11-10-16-6-3-2-4-7-16/h2-9,12,19-20H,10-11,13-14H2,1H3/t19-,20-/m0/s1. The van der Waals surface area contributed by atoms with Crippen LogP contribution in [0.25, 0.3) is 0 Å². The molecule has 4 rings (SSSR count). The van der Waals surface area contributed by atoms with Gasteiger partial charge in [-0.15, -0.1) is 0 Å². The second-order valence-electron chi connectivity index (χ2n) is 7.55. The van der Waals surface area contributed by atoms with Gasteiger partial charge in [-0.2, -0.15) is 4.99 Å². The van der Waals surface area contributed by atoms with Crippen molar-refractivity contribution < 1.29 is 18.0 Å². The Bertz CT molecular complexity index is 1110. The summed E-state index contributed by atoms with van der Waals surface area (Å²) in [6.07, 6.45) is 0.880. The Morgan fingerprint density at radius 2 is 1.87 bits per heavy atom. The fraction of sp³-hybridized carbons (Fsp3) is 0.318. The number of thioether (sulfide) groups is 1. The molecular weight excluding hydrogens is 420 g/mol. The van der Waals surface area contributed by atoms with E-state index in [1.165, 1.54) is 18.7 Å². The topological polar surface area (TPSA) is 83.9 Å². The largest absolute Gasteiger partial charge is 0.316 e. The van der Waals surface area contributed by atoms with E-state index in [-0.39, 0.29) is 40.9 Å². The van der Waals surface area contributed by atoms with Gasteiger partial charge in [0.25, 0.3) is 0 Å². The van der Waals surface area contributed by atoms with Crippen molar-refractivity contribution in [2.45, 2.75) is 31.1 Å². The number of hydrogen-bond acceptors (Lipinski definition) is 5. The van der Waals surface area contributed by atoms with Crippen LogP contribution in [0.5, 0.6) is 0 Å². The van der Waals surface area contributed by atoms with Gasteiger partial charge in [0, 0.05) is 22.9 Å². The quantitative estimate of drug-likeness (QED) is 0.662. The van der Waals surface area contributed by atoms with Gasteiger partial charge in [0.1, 0.15) is 0 Å². The lowest BCUT2D eigenvalue weighted by Crippen LogP contribution is -2.37. The number of hydrogen-bond donors (Lipinski definition) is 0. The van der Waals surface area contributed by atoms with Gasteiger partial charge >= 0.3 is 0 Å². The summed E-state index contributed by atoms with van der Waals surface area (Å²) in [5.41, 5.74) is 2.30. The lowest BCUT2D eigenvalue weighted by molar-refractivity contribution is -0.117. The predicted molar refractivity (Wildman–Crippen MR) is 120 cm³/mol. The molecule has 0 aliphatic carbocycles. The number of amides is 1. The lowest BCUT2D eigenvalue weighted by atomic mass is 10.1. The van der Waals surface area contributed by atoms with Crippen LogP contribution in [0.4, 0.5) is 5.69 Å². The van der Waals surface area contributed by atoms with Crippen LogP contribution in [0.1, 0.15) is 29.3 Å². The van der Waals surface area contributed by atoms with E-state index in [1.807, 2.05) is 41.3 Å². The van der Waals surface area contributed by atoms with Gasteiger partial charge in [-0.3, -0.25) is 9.59 Å². The molecule has 0 bridgehead atoms. The van der Waals surface area contributed by atoms with E-state index in [0.717, 1.165) is 5.56 Å². The molecule has 0 radical (unpaired) electrons. The number of carbonyl (C=O) groups excluding carboxylic acids is 2. The smallest absolute Gasteiger partial charge is 0.248 e. The number of benzene rings is 2. The number of amidine groups is 1. The fourth-order valence-electron chi connectivity index (χ4n) is 3.80. The van der Waals surface area contributed by atoms with Crippen LogP contribution >= 0.6 is 11.8 Å². The molecule has 2 aliphatic rings. The molecule has 2 aromatic rings. The first kappa shape index (κ1) is 20.8. The first-order valence-electron chi connectivity index (χ1n) is 9.75. The number of Topliss-reactive ketones (excluding diaryl/α,β-unsaturated/α-hetero) is 1. The molecule has 6 nitrogen and oxygen atoms in total. The predicted octanol–water partition coefficient (Wildman–Crippen LogP) is 3.12. The third kappa shape index (κ3) is 4.49. The number of anilines is 1. The van der Waals surface area contributed by atoms with Gasteiger partial charge < -0.3 is 4.90 Å². The summed E-state index contributed by atoms with van der Waals surface area (Å²) in [5, 5.41) is 0.343. The third-order valence-corrected chi connectivity index (χ3v) is 8.50. The summed E-state index contributed by atoms with van der Waals surface area (Å²) in [4.78, 5) is 30.6. The lowest BCUT2D eigenvalue weighted by Gasteiger charge is -2.24. The molecule has 0 N–H and O–H groups in total. The van der Waals surface area contributed by atoms with Crippen molar-refractivity contribution in [3.8, 4) is 0 Å². The summed E-state index contributed by atoms with van der Waals surface area (Å²) in [6.45, 7) is 1.49. The first-order valence-corrected chi connectivity index (χ1v) is 12.5. The average molecular weight is 443 g/mol. The van der Waals surface area contributed by atoms with Gasteiger partial charge in [-0.25, -0.2) is 8.42 Å². The Balaban J connectivity index is 1.61. The van der Waals surface area contributed by atoms with Gasteiger partial charge in [0.2, 0.25) is 5.91 Å². The maximum atomic E-state index is 12.6. The van der Waals surface area contributed by atoms with Crippen LogP contribution in [0.15, 0.2) is 59.6 Å². The number of rotatable bonds is 5. The van der Waals surface area contributed by atoms with Crippen LogP contribution in [-0.4, -0.2) is 48.1 Å². The molecule has 2 aliphatic heterocycles. The van der Waals surface area contributed by atoms with Crippen LogP contribution in [0.2, 0.25) is 0 Å². The fourth-order valence-corrected chi connectivity index (χ4v) is 7.73. The Hall–Kier alpha value is -2.45. The Morgan fingerprint density at radius 3 is 2.60 bits per heavy atom. The molecule has 0 saturated carbocycles. The van der Waals surface area contributed by atoms with E-state index in [0.29, 0.717) is 22.8 Å². The van der Waals surface area contributed by atoms with Crippen molar-refractivity contribution >= 4 is 44.1 Å². The zero-order valence-electron chi connectivity index (χ0n) is 16.5. The highest BCUT2D eigenvalue weighted by atomic mass is 32.2. The average Bonchev–Trinajstić information content (AvgIpc) is 3.17. The zero-order chi connectivity index (χ0) is 21.3.